The van der Waals surface area contributed by atoms with Gasteiger partial charge in [-0.2, -0.15) is 5.10 Å². The van der Waals surface area contributed by atoms with Crippen LogP contribution in [0.15, 0.2) is 29.4 Å². The molecular weight excluding hydrogens is 288 g/mol. The molecule has 1 heterocycles. The van der Waals surface area contributed by atoms with Crippen LogP contribution in [0.4, 0.5) is 0 Å². The first kappa shape index (κ1) is 14.6. The summed E-state index contributed by atoms with van der Waals surface area (Å²) in [6.07, 6.45) is 0. The van der Waals surface area contributed by atoms with E-state index in [9.17, 15) is 0 Å². The average molecular weight is 304 g/mol. The van der Waals surface area contributed by atoms with Crippen LogP contribution < -0.4 is 11.2 Å². The van der Waals surface area contributed by atoms with E-state index in [1.807, 2.05) is 13.8 Å². The summed E-state index contributed by atoms with van der Waals surface area (Å²) in [4.78, 5) is 5.64. The molecule has 0 aliphatic carbocycles. The summed E-state index contributed by atoms with van der Waals surface area (Å²) in [6, 6.07) is 8.33. The van der Waals surface area contributed by atoms with Gasteiger partial charge in [0.15, 0.2) is 5.11 Å². The van der Waals surface area contributed by atoms with Gasteiger partial charge in [-0.1, -0.05) is 29.8 Å². The fraction of sp³-hybridized carbons (Fsp3) is 0.214. The quantitative estimate of drug-likeness (QED) is 0.520. The number of hydrogen-bond acceptors (Lipinski definition) is 4. The Hall–Kier alpha value is -1.79. The SMILES string of the molecule is CC(=NNC(N)=S)c1sc(-c2ccc(C)cc2)nc1C. The van der Waals surface area contributed by atoms with E-state index in [2.05, 4.69) is 46.7 Å². The molecule has 0 spiro atoms. The molecule has 0 bridgehead atoms. The Morgan fingerprint density at radius 1 is 1.30 bits per heavy atom. The van der Waals surface area contributed by atoms with Gasteiger partial charge in [-0.15, -0.1) is 11.3 Å². The molecule has 0 aliphatic rings. The van der Waals surface area contributed by atoms with Gasteiger partial charge in [0.25, 0.3) is 0 Å². The molecule has 0 aliphatic heterocycles. The molecule has 2 rings (SSSR count). The first-order valence-corrected chi connectivity index (χ1v) is 7.34. The van der Waals surface area contributed by atoms with E-state index in [4.69, 9.17) is 18.0 Å². The Balaban J connectivity index is 2.32. The zero-order chi connectivity index (χ0) is 14.7. The number of aromatic nitrogens is 1. The van der Waals surface area contributed by atoms with Crippen LogP contribution in [0.3, 0.4) is 0 Å². The normalized spacial score (nSPS) is 11.4. The molecule has 1 aromatic heterocycles. The summed E-state index contributed by atoms with van der Waals surface area (Å²) in [7, 11) is 0. The zero-order valence-corrected chi connectivity index (χ0v) is 13.2. The topological polar surface area (TPSA) is 63.3 Å². The number of nitrogens with one attached hydrogen (secondary N) is 1. The second kappa shape index (κ2) is 6.11. The first-order valence-electron chi connectivity index (χ1n) is 6.12. The number of thiazole rings is 1. The molecule has 0 saturated heterocycles. The maximum Gasteiger partial charge on any atom is 0.184 e. The molecule has 4 nitrogen and oxygen atoms in total. The predicted molar refractivity (Wildman–Crippen MR) is 89.2 cm³/mol. The highest BCUT2D eigenvalue weighted by molar-refractivity contribution is 7.80. The van der Waals surface area contributed by atoms with Crippen LogP contribution in [0.25, 0.3) is 10.6 Å². The Bertz CT molecular complexity index is 656. The van der Waals surface area contributed by atoms with Crippen molar-refractivity contribution in [2.24, 2.45) is 10.8 Å². The van der Waals surface area contributed by atoms with E-state index in [0.29, 0.717) is 0 Å². The molecule has 0 fully saturated rings. The summed E-state index contributed by atoms with van der Waals surface area (Å²) in [5.74, 6) is 0. The largest absolute Gasteiger partial charge is 0.375 e. The number of nitrogens with two attached hydrogens (primary N) is 1. The lowest BCUT2D eigenvalue weighted by Crippen LogP contribution is -2.25. The smallest absolute Gasteiger partial charge is 0.184 e. The molecule has 0 amide bonds. The van der Waals surface area contributed by atoms with Crippen molar-refractivity contribution >= 4 is 34.4 Å². The summed E-state index contributed by atoms with van der Waals surface area (Å²) in [5.41, 5.74) is 12.1. The Morgan fingerprint density at radius 3 is 2.55 bits per heavy atom. The van der Waals surface area contributed by atoms with Gasteiger partial charge >= 0.3 is 0 Å². The summed E-state index contributed by atoms with van der Waals surface area (Å²) in [6.45, 7) is 5.95. The molecule has 0 unspecified atom stereocenters. The second-order valence-electron chi connectivity index (χ2n) is 4.47. The first-order chi connectivity index (χ1) is 9.47. The standard InChI is InChI=1S/C14H16N4S2/c1-8-4-6-11(7-5-8)13-16-9(2)12(20-13)10(3)17-18-14(15)19/h4-7H,1-3H3,(H3,15,18,19). The van der Waals surface area contributed by atoms with Gasteiger partial charge in [-0.3, -0.25) is 5.43 Å². The van der Waals surface area contributed by atoms with E-state index in [0.717, 1.165) is 26.9 Å². The maximum absolute atomic E-state index is 5.37. The Labute approximate surface area is 127 Å². The van der Waals surface area contributed by atoms with E-state index >= 15 is 0 Å². The van der Waals surface area contributed by atoms with Crippen LogP contribution >= 0.6 is 23.6 Å². The highest BCUT2D eigenvalue weighted by atomic mass is 32.1. The van der Waals surface area contributed by atoms with Crippen molar-refractivity contribution in [3.8, 4) is 10.6 Å². The minimum Gasteiger partial charge on any atom is -0.375 e. The van der Waals surface area contributed by atoms with E-state index < -0.39 is 0 Å². The third-order valence-corrected chi connectivity index (χ3v) is 4.16. The molecule has 3 N–H and O–H groups in total. The molecule has 104 valence electrons. The van der Waals surface area contributed by atoms with Gasteiger partial charge in [0.1, 0.15) is 5.01 Å². The number of rotatable bonds is 3. The summed E-state index contributed by atoms with van der Waals surface area (Å²) in [5, 5.41) is 5.29. The molecule has 6 heteroatoms. The third kappa shape index (κ3) is 3.40. The molecule has 2 aromatic rings. The van der Waals surface area contributed by atoms with Crippen molar-refractivity contribution in [2.75, 3.05) is 0 Å². The van der Waals surface area contributed by atoms with Gasteiger partial charge in [-0.05, 0) is 33.0 Å². The minimum absolute atomic E-state index is 0.158. The van der Waals surface area contributed by atoms with Crippen molar-refractivity contribution in [2.45, 2.75) is 20.8 Å². The predicted octanol–water partition coefficient (Wildman–Crippen LogP) is 2.98. The van der Waals surface area contributed by atoms with Gasteiger partial charge in [0.2, 0.25) is 0 Å². The molecule has 0 atom stereocenters. The number of hydrogen-bond donors (Lipinski definition) is 2. The average Bonchev–Trinajstić information content (AvgIpc) is 2.79. The van der Waals surface area contributed by atoms with Crippen molar-refractivity contribution in [3.05, 3.63) is 40.4 Å². The van der Waals surface area contributed by atoms with Gasteiger partial charge in [-0.25, -0.2) is 4.98 Å². The van der Waals surface area contributed by atoms with Gasteiger partial charge in [0, 0.05) is 5.56 Å². The van der Waals surface area contributed by atoms with Crippen LogP contribution in [0.1, 0.15) is 23.1 Å². The Kier molecular flexibility index (Phi) is 4.46. The van der Waals surface area contributed by atoms with Crippen molar-refractivity contribution in [1.29, 1.82) is 0 Å². The van der Waals surface area contributed by atoms with Gasteiger partial charge < -0.3 is 5.73 Å². The fourth-order valence-corrected chi connectivity index (χ4v) is 2.80. The van der Waals surface area contributed by atoms with E-state index in [1.54, 1.807) is 11.3 Å². The monoisotopic (exact) mass is 304 g/mol. The van der Waals surface area contributed by atoms with Crippen molar-refractivity contribution in [3.63, 3.8) is 0 Å². The van der Waals surface area contributed by atoms with Crippen LogP contribution in [0.5, 0.6) is 0 Å². The van der Waals surface area contributed by atoms with Crippen LogP contribution in [-0.4, -0.2) is 15.8 Å². The van der Waals surface area contributed by atoms with E-state index in [-0.39, 0.29) is 5.11 Å². The number of aryl methyl sites for hydroxylation is 2. The van der Waals surface area contributed by atoms with Crippen molar-refractivity contribution in [1.82, 2.24) is 10.4 Å². The number of nitrogens with zero attached hydrogens (tertiary/aromatic N) is 2. The Morgan fingerprint density at radius 2 is 1.95 bits per heavy atom. The lowest BCUT2D eigenvalue weighted by Gasteiger charge is -1.99. The van der Waals surface area contributed by atoms with Crippen LogP contribution in [-0.2, 0) is 0 Å². The molecular formula is C14H16N4S2. The summed E-state index contributed by atoms with van der Waals surface area (Å²) >= 11 is 6.35. The minimum atomic E-state index is 0.158. The number of benzene rings is 1. The molecule has 0 radical (unpaired) electrons. The summed E-state index contributed by atoms with van der Waals surface area (Å²) < 4.78 is 0. The number of hydrazone groups is 1. The van der Waals surface area contributed by atoms with Crippen molar-refractivity contribution < 1.29 is 0 Å². The van der Waals surface area contributed by atoms with Gasteiger partial charge in [0.05, 0.1) is 16.3 Å². The molecule has 20 heavy (non-hydrogen) atoms. The lowest BCUT2D eigenvalue weighted by molar-refractivity contribution is 1.03. The fourth-order valence-electron chi connectivity index (χ4n) is 1.74. The zero-order valence-electron chi connectivity index (χ0n) is 11.6. The highest BCUT2D eigenvalue weighted by Crippen LogP contribution is 2.28. The second-order valence-corrected chi connectivity index (χ2v) is 5.91. The van der Waals surface area contributed by atoms with Crippen LogP contribution in [0, 0.1) is 13.8 Å². The molecule has 1 aromatic carbocycles. The van der Waals surface area contributed by atoms with E-state index in [1.165, 1.54) is 5.56 Å². The lowest BCUT2D eigenvalue weighted by atomic mass is 10.2. The molecule has 0 saturated carbocycles. The third-order valence-electron chi connectivity index (χ3n) is 2.76. The highest BCUT2D eigenvalue weighted by Gasteiger charge is 2.11. The maximum atomic E-state index is 5.37. The van der Waals surface area contributed by atoms with Crippen LogP contribution in [0.2, 0.25) is 0 Å². The number of thiocarbonyl (C=S) groups is 1.